The average molecular weight is 135 g/mol. The normalized spacial score (nSPS) is 16.3. The van der Waals surface area contributed by atoms with Crippen molar-refractivity contribution in [2.45, 2.75) is 19.8 Å². The van der Waals surface area contributed by atoms with E-state index in [4.69, 9.17) is 4.42 Å². The van der Waals surface area contributed by atoms with Crippen molar-refractivity contribution in [1.29, 1.82) is 0 Å². The van der Waals surface area contributed by atoms with Crippen molar-refractivity contribution < 1.29 is 4.42 Å². The van der Waals surface area contributed by atoms with Crippen molar-refractivity contribution >= 4 is 6.08 Å². The van der Waals surface area contributed by atoms with Gasteiger partial charge < -0.3 is 4.42 Å². The molecule has 0 aliphatic heterocycles. The van der Waals surface area contributed by atoms with E-state index in [0.717, 1.165) is 24.3 Å². The zero-order valence-electron chi connectivity index (χ0n) is 5.92. The van der Waals surface area contributed by atoms with Gasteiger partial charge in [-0.1, -0.05) is 5.57 Å². The standard InChI is InChI=1S/C8H9NO/c1-6-2-3-7-8(4-6)10-5-9-7/h4-5H,2-3H2,1H3. The maximum atomic E-state index is 5.14. The van der Waals surface area contributed by atoms with Crippen LogP contribution in [0.15, 0.2) is 16.4 Å². The molecule has 0 amide bonds. The number of fused-ring (bicyclic) bond motifs is 1. The predicted molar refractivity (Wildman–Crippen MR) is 38.5 cm³/mol. The minimum absolute atomic E-state index is 0.948. The van der Waals surface area contributed by atoms with Gasteiger partial charge >= 0.3 is 0 Å². The van der Waals surface area contributed by atoms with Crippen molar-refractivity contribution in [3.63, 3.8) is 0 Å². The molecular formula is C8H9NO. The van der Waals surface area contributed by atoms with Crippen LogP contribution in [0.2, 0.25) is 0 Å². The molecule has 0 spiro atoms. The number of allylic oxidation sites excluding steroid dienone is 1. The fourth-order valence-corrected chi connectivity index (χ4v) is 1.20. The summed E-state index contributed by atoms with van der Waals surface area (Å²) in [5.74, 6) is 0.948. The van der Waals surface area contributed by atoms with Gasteiger partial charge in [-0.25, -0.2) is 4.98 Å². The lowest BCUT2D eigenvalue weighted by molar-refractivity contribution is 0.544. The van der Waals surface area contributed by atoms with Crippen LogP contribution in [0.5, 0.6) is 0 Å². The second kappa shape index (κ2) is 1.97. The molecule has 0 saturated carbocycles. The lowest BCUT2D eigenvalue weighted by Crippen LogP contribution is -1.94. The van der Waals surface area contributed by atoms with E-state index < -0.39 is 0 Å². The van der Waals surface area contributed by atoms with Crippen molar-refractivity contribution in [3.8, 4) is 0 Å². The average Bonchev–Trinajstić information content (AvgIpc) is 2.33. The minimum atomic E-state index is 0.948. The third kappa shape index (κ3) is 0.764. The van der Waals surface area contributed by atoms with Gasteiger partial charge in [-0.3, -0.25) is 0 Å². The predicted octanol–water partition coefficient (Wildman–Crippen LogP) is 2.02. The van der Waals surface area contributed by atoms with E-state index in [1.807, 2.05) is 0 Å². The number of aromatic nitrogens is 1. The van der Waals surface area contributed by atoms with Gasteiger partial charge in [-0.15, -0.1) is 0 Å². The first kappa shape index (κ1) is 5.71. The highest BCUT2D eigenvalue weighted by molar-refractivity contribution is 5.51. The van der Waals surface area contributed by atoms with Crippen LogP contribution >= 0.6 is 0 Å². The van der Waals surface area contributed by atoms with E-state index >= 15 is 0 Å². The quantitative estimate of drug-likeness (QED) is 0.544. The van der Waals surface area contributed by atoms with Crippen molar-refractivity contribution in [3.05, 3.63) is 23.4 Å². The molecule has 1 aliphatic carbocycles. The molecule has 1 aromatic heterocycles. The smallest absolute Gasteiger partial charge is 0.181 e. The van der Waals surface area contributed by atoms with Crippen LogP contribution in [0.3, 0.4) is 0 Å². The van der Waals surface area contributed by atoms with E-state index in [2.05, 4.69) is 18.0 Å². The van der Waals surface area contributed by atoms with Crippen LogP contribution in [0, 0.1) is 0 Å². The lowest BCUT2D eigenvalue weighted by Gasteiger charge is -2.05. The zero-order valence-corrected chi connectivity index (χ0v) is 5.92. The second-order valence-electron chi connectivity index (χ2n) is 2.65. The minimum Gasteiger partial charge on any atom is -0.444 e. The third-order valence-corrected chi connectivity index (χ3v) is 1.81. The van der Waals surface area contributed by atoms with Gasteiger partial charge in [0.25, 0.3) is 0 Å². The Morgan fingerprint density at radius 3 is 3.30 bits per heavy atom. The molecule has 0 radical (unpaired) electrons. The van der Waals surface area contributed by atoms with Gasteiger partial charge in [-0.2, -0.15) is 0 Å². The fourth-order valence-electron chi connectivity index (χ4n) is 1.20. The first-order valence-corrected chi connectivity index (χ1v) is 3.46. The Hall–Kier alpha value is -1.05. The Bertz CT molecular complexity index is 273. The van der Waals surface area contributed by atoms with Crippen LogP contribution in [0.1, 0.15) is 24.8 Å². The number of aryl methyl sites for hydroxylation is 1. The molecule has 0 bridgehead atoms. The van der Waals surface area contributed by atoms with Crippen LogP contribution in [0.4, 0.5) is 0 Å². The van der Waals surface area contributed by atoms with Crippen LogP contribution in [-0.2, 0) is 6.42 Å². The molecule has 52 valence electrons. The molecule has 0 saturated heterocycles. The van der Waals surface area contributed by atoms with Crippen LogP contribution in [-0.4, -0.2) is 4.98 Å². The lowest BCUT2D eigenvalue weighted by atomic mass is 10.0. The van der Waals surface area contributed by atoms with E-state index in [-0.39, 0.29) is 0 Å². The van der Waals surface area contributed by atoms with Gasteiger partial charge in [-0.05, 0) is 25.8 Å². The largest absolute Gasteiger partial charge is 0.444 e. The number of hydrogen-bond acceptors (Lipinski definition) is 2. The second-order valence-corrected chi connectivity index (χ2v) is 2.65. The highest BCUT2D eigenvalue weighted by atomic mass is 16.3. The maximum absolute atomic E-state index is 5.14. The van der Waals surface area contributed by atoms with Gasteiger partial charge in [0.1, 0.15) is 5.76 Å². The van der Waals surface area contributed by atoms with Gasteiger partial charge in [0.15, 0.2) is 6.39 Å². The molecule has 0 N–H and O–H groups in total. The van der Waals surface area contributed by atoms with Crippen molar-refractivity contribution in [1.82, 2.24) is 4.98 Å². The fraction of sp³-hybridized carbons (Fsp3) is 0.375. The molecule has 0 fully saturated rings. The number of oxazole rings is 1. The highest BCUT2D eigenvalue weighted by Gasteiger charge is 2.10. The van der Waals surface area contributed by atoms with Gasteiger partial charge in [0, 0.05) is 0 Å². The summed E-state index contributed by atoms with van der Waals surface area (Å²) in [6.07, 6.45) is 5.74. The SMILES string of the molecule is CC1=Cc2ocnc2CC1. The monoisotopic (exact) mass is 135 g/mol. The summed E-state index contributed by atoms with van der Waals surface area (Å²) >= 11 is 0. The number of hydrogen-bond donors (Lipinski definition) is 0. The van der Waals surface area contributed by atoms with Crippen LogP contribution in [0.25, 0.3) is 6.08 Å². The first-order valence-electron chi connectivity index (χ1n) is 3.46. The summed E-state index contributed by atoms with van der Waals surface area (Å²) in [7, 11) is 0. The molecule has 1 aromatic rings. The van der Waals surface area contributed by atoms with E-state index in [1.54, 1.807) is 0 Å². The maximum Gasteiger partial charge on any atom is 0.181 e. The van der Waals surface area contributed by atoms with E-state index in [1.165, 1.54) is 12.0 Å². The molecule has 1 heterocycles. The molecule has 2 nitrogen and oxygen atoms in total. The summed E-state index contributed by atoms with van der Waals surface area (Å²) in [4.78, 5) is 4.08. The molecule has 2 rings (SSSR count). The Morgan fingerprint density at radius 1 is 1.50 bits per heavy atom. The zero-order chi connectivity index (χ0) is 6.97. The molecular weight excluding hydrogens is 126 g/mol. The topological polar surface area (TPSA) is 26.0 Å². The van der Waals surface area contributed by atoms with Gasteiger partial charge in [0.05, 0.1) is 5.69 Å². The third-order valence-electron chi connectivity index (χ3n) is 1.81. The van der Waals surface area contributed by atoms with Crippen molar-refractivity contribution in [2.24, 2.45) is 0 Å². The number of nitrogens with zero attached hydrogens (tertiary/aromatic N) is 1. The summed E-state index contributed by atoms with van der Waals surface area (Å²) in [5.41, 5.74) is 2.48. The Morgan fingerprint density at radius 2 is 2.40 bits per heavy atom. The Balaban J connectivity index is 2.50. The molecule has 2 heteroatoms. The highest BCUT2D eigenvalue weighted by Crippen LogP contribution is 2.21. The first-order chi connectivity index (χ1) is 4.86. The molecule has 0 aromatic carbocycles. The summed E-state index contributed by atoms with van der Waals surface area (Å²) in [5, 5.41) is 0. The Kier molecular flexibility index (Phi) is 1.13. The summed E-state index contributed by atoms with van der Waals surface area (Å²) in [6.45, 7) is 2.12. The Labute approximate surface area is 59.6 Å². The van der Waals surface area contributed by atoms with E-state index in [0.29, 0.717) is 0 Å². The van der Waals surface area contributed by atoms with E-state index in [9.17, 15) is 0 Å². The molecule has 10 heavy (non-hydrogen) atoms. The number of rotatable bonds is 0. The van der Waals surface area contributed by atoms with Crippen LogP contribution < -0.4 is 0 Å². The molecule has 0 atom stereocenters. The van der Waals surface area contributed by atoms with Gasteiger partial charge in [0.2, 0.25) is 0 Å². The van der Waals surface area contributed by atoms with Crippen molar-refractivity contribution in [2.75, 3.05) is 0 Å². The molecule has 0 unspecified atom stereocenters. The summed E-state index contributed by atoms with van der Waals surface area (Å²) in [6, 6.07) is 0. The summed E-state index contributed by atoms with van der Waals surface area (Å²) < 4.78 is 5.14. The molecule has 1 aliphatic rings.